The van der Waals surface area contributed by atoms with E-state index in [1.807, 2.05) is 0 Å². The molecule has 0 bridgehead atoms. The molecule has 4 N–H and O–H groups in total. The smallest absolute Gasteiger partial charge is 0.194 e. The fourth-order valence-corrected chi connectivity index (χ4v) is 11.9. The van der Waals surface area contributed by atoms with Gasteiger partial charge in [-0.15, -0.1) is 0 Å². The van der Waals surface area contributed by atoms with Crippen LogP contribution in [0.3, 0.4) is 0 Å². The van der Waals surface area contributed by atoms with Gasteiger partial charge in [-0.05, 0) is 108 Å². The monoisotopic (exact) mass is 2310 g/mol. The average Bonchev–Trinajstić information content (AvgIpc) is 1.60. The van der Waals surface area contributed by atoms with Gasteiger partial charge in [0.05, 0.1) is 33.2 Å². The van der Waals surface area contributed by atoms with Crippen molar-refractivity contribution in [2.24, 2.45) is 0 Å². The summed E-state index contributed by atoms with van der Waals surface area (Å²) in [5, 5.41) is 43.0. The number of carbonyl (C=O) groups excluding carboxylic acids is 1. The van der Waals surface area contributed by atoms with Gasteiger partial charge in [0, 0.05) is 151 Å². The molecule has 0 spiro atoms. The number of ketones is 1. The zero-order chi connectivity index (χ0) is 61.7. The van der Waals surface area contributed by atoms with Crippen LogP contribution in [0.25, 0.3) is 33.1 Å². The minimum Gasteiger partial charge on any atom is -0.387 e. The van der Waals surface area contributed by atoms with E-state index in [0.717, 1.165) is 6.20 Å². The first kappa shape index (κ1) is 78.5. The fourth-order valence-electron chi connectivity index (χ4n) is 11.9. The Hall–Kier alpha value is -3.54. The number of carbonyl (C=O) groups is 1. The number of hydrogen-bond acceptors (Lipinski definition) is 18. The zero-order valence-corrected chi connectivity index (χ0v) is 67.4. The topological polar surface area (TPSA) is 255 Å². The van der Waals surface area contributed by atoms with Crippen LogP contribution in [0.5, 0.6) is 0 Å². The molecule has 5 aliphatic heterocycles. The predicted molar refractivity (Wildman–Crippen MR) is 292 cm³/mol. The molecule has 11 heterocycles. The second kappa shape index (κ2) is 31.1. The predicted octanol–water partition coefficient (Wildman–Crippen LogP) is 7.84. The van der Waals surface area contributed by atoms with E-state index in [1.54, 1.807) is 53.0 Å². The van der Waals surface area contributed by atoms with Crippen molar-refractivity contribution in [1.29, 1.82) is 0 Å². The van der Waals surface area contributed by atoms with Gasteiger partial charge in [-0.1, -0.05) is 24.3 Å². The summed E-state index contributed by atoms with van der Waals surface area (Å²) in [4.78, 5) is 37.6. The molecule has 6 aromatic heterocycles. The van der Waals surface area contributed by atoms with Crippen LogP contribution < -0.4 is 0 Å². The largest absolute Gasteiger partial charge is 0.387 e. The third kappa shape index (κ3) is 15.2. The van der Waals surface area contributed by atoms with Crippen molar-refractivity contribution in [2.45, 2.75) is 146 Å². The van der Waals surface area contributed by atoms with Gasteiger partial charge in [-0.25, -0.2) is 56.2 Å². The van der Waals surface area contributed by atoms with Crippen molar-refractivity contribution in [3.8, 4) is 0 Å². The van der Waals surface area contributed by atoms with E-state index in [2.05, 4.69) is 29.9 Å². The molecule has 9 aromatic rings. The van der Waals surface area contributed by atoms with Gasteiger partial charge in [0.15, 0.2) is 59.6 Å². The quantitative estimate of drug-likeness (QED) is 0.0793. The summed E-state index contributed by atoms with van der Waals surface area (Å²) in [6.45, 7) is 12.0. The second-order valence-corrected chi connectivity index (χ2v) is 22.5. The molecule has 0 radical (unpaired) electrons. The molecule has 33 heteroatoms. The first-order valence-electron chi connectivity index (χ1n) is 27.5. The molecule has 5 fully saturated rings. The van der Waals surface area contributed by atoms with Crippen LogP contribution in [-0.2, 0) is 160 Å². The molecule has 3 aromatic carbocycles. The minimum atomic E-state index is -1.45. The van der Waals surface area contributed by atoms with Gasteiger partial charge >= 0.3 is 0 Å². The first-order valence-corrected chi connectivity index (χ1v) is 27.5. The number of Topliss-reactive ketones (excluding diaryl/α,β-unsaturated/α-hetero) is 1. The Morgan fingerprint density at radius 2 is 0.785 bits per heavy atom. The van der Waals surface area contributed by atoms with E-state index in [0.29, 0.717) is 44.9 Å². The number of ether oxygens (including phenoxy) is 7. The van der Waals surface area contributed by atoms with Crippen molar-refractivity contribution in [3.05, 3.63) is 179 Å². The number of benzene rings is 3. The molecule has 14 rings (SSSR count). The van der Waals surface area contributed by atoms with Gasteiger partial charge in [0.25, 0.3) is 0 Å². The average molecular weight is 2310 g/mol. The number of halogens is 6. The Kier molecular flexibility index (Phi) is 26.3. The molecular weight excluding hydrogens is 2260 g/mol. The Labute approximate surface area is 613 Å². The maximum atomic E-state index is 14.7. The van der Waals surface area contributed by atoms with E-state index in [1.165, 1.54) is 113 Å². The summed E-state index contributed by atoms with van der Waals surface area (Å²) < 4.78 is 130. The van der Waals surface area contributed by atoms with Crippen molar-refractivity contribution in [2.75, 3.05) is 0 Å². The van der Waals surface area contributed by atoms with Crippen LogP contribution >= 0.6 is 0 Å². The second-order valence-electron chi connectivity index (χ2n) is 22.5. The Morgan fingerprint density at radius 3 is 1.20 bits per heavy atom. The summed E-state index contributed by atoms with van der Waals surface area (Å²) in [5.41, 5.74) is 3.43. The van der Waals surface area contributed by atoms with E-state index in [4.69, 9.17) is 33.2 Å². The normalized spacial score (nSPS) is 25.9. The number of aromatic nitrogens is 9. The number of aryl methyl sites for hydroxylation is 3. The SMILES string of the molecule is Cc1ncnc2c1c(F)cn2[C@@H]1O[C@H](C(=O)c2ccc(F)cc2)[C@H]2OC(C)(C)O[C@H]21.Cc1ncnc2c1c(F)cn2[C@@H]1O[C@H]([C@H](O)c2ccc(F)cc2)[C@@H](O)[C@H]1O.Cc1ncnc2c1c(F)cn2[C@@H]1O[C@H]([C@H](O)c2ccc(F)cc2)[C@H]2OC(C)(C)O[C@H]21.[W].[W].[W].[W].[W].[W]. The van der Waals surface area contributed by atoms with Crippen LogP contribution in [0, 0.1) is 55.7 Å². The van der Waals surface area contributed by atoms with E-state index < -0.39 is 132 Å². The first-order chi connectivity index (χ1) is 41.4. The van der Waals surface area contributed by atoms with Gasteiger partial charge in [-0.2, -0.15) is 0 Å². The molecule has 0 saturated carbocycles. The Balaban J connectivity index is 0.000000215. The van der Waals surface area contributed by atoms with Gasteiger partial charge < -0.3 is 67.3 Å². The third-order valence-corrected chi connectivity index (χ3v) is 15.9. The van der Waals surface area contributed by atoms with E-state index >= 15 is 0 Å². The maximum absolute atomic E-state index is 14.7. The molecule has 0 amide bonds. The number of fused-ring (bicyclic) bond motifs is 5. The molecule has 5 saturated heterocycles. The Morgan fingerprint density at radius 1 is 0.452 bits per heavy atom. The van der Waals surface area contributed by atoms with Crippen LogP contribution in [0.15, 0.2) is 110 Å². The van der Waals surface area contributed by atoms with Crippen molar-refractivity contribution >= 4 is 38.9 Å². The molecular formula is C60H57F6N9O12W6. The van der Waals surface area contributed by atoms with Crippen LogP contribution in [0.2, 0.25) is 0 Å². The number of hydrogen-bond donors (Lipinski definition) is 4. The molecule has 492 valence electrons. The fraction of sp³-hybridized carbons (Fsp3) is 0.383. The van der Waals surface area contributed by atoms with Crippen LogP contribution in [-0.4, -0.2) is 136 Å². The van der Waals surface area contributed by atoms with E-state index in [-0.39, 0.29) is 154 Å². The molecule has 5 aliphatic rings. The third-order valence-electron chi connectivity index (χ3n) is 15.9. The van der Waals surface area contributed by atoms with E-state index in [9.17, 15) is 51.6 Å². The zero-order valence-electron chi connectivity index (χ0n) is 49.8. The number of aliphatic hydroxyl groups is 4. The van der Waals surface area contributed by atoms with Crippen molar-refractivity contribution < 1.29 is 211 Å². The van der Waals surface area contributed by atoms with Gasteiger partial charge in [0.1, 0.15) is 114 Å². The molecule has 14 atom stereocenters. The van der Waals surface area contributed by atoms with Gasteiger partial charge in [-0.3, -0.25) is 4.79 Å². The Bertz CT molecular complexity index is 4080. The van der Waals surface area contributed by atoms with Crippen molar-refractivity contribution in [3.63, 3.8) is 0 Å². The summed E-state index contributed by atoms with van der Waals surface area (Å²) in [6.07, 6.45) is -6.04. The molecule has 93 heavy (non-hydrogen) atoms. The van der Waals surface area contributed by atoms with Crippen molar-refractivity contribution in [1.82, 2.24) is 43.6 Å². The molecule has 0 aliphatic carbocycles. The summed E-state index contributed by atoms with van der Waals surface area (Å²) in [7, 11) is 0. The van der Waals surface area contributed by atoms with Crippen LogP contribution in [0.4, 0.5) is 26.3 Å². The number of aliphatic hydroxyl groups excluding tert-OH is 4. The minimum absolute atomic E-state index is 0. The number of nitrogens with zero attached hydrogens (tertiary/aromatic N) is 9. The standard InChI is InChI=1S/C21H21F2N3O4.C21H19F2N3O4.C18H17F2N3O4.6W/c2*1-10-14-13(23)8-26(19(14)25-9-24-10)20-18-17(29-21(2,3)30-18)16(28-20)15(27)11-4-6-12(22)7-5-11;1-8-12-11(20)6-23(17(12)22-7-21-8)18-15(26)14(25)16(27-18)13(24)9-2-4-10(19)5-3-9;;;;;;/h4-9,15-18,20,27H,1-3H3;4-9,16-18,20H,1-3H3;2-7,13-16,18,24-26H,1H3;;;;;;/t15-,16-,17-,18-,20-;16-,17-,18-,20-;13-,14+,15-,16-,18-;;;;;;/m111....../s1. The summed E-state index contributed by atoms with van der Waals surface area (Å²) >= 11 is 0. The number of rotatable bonds is 9. The summed E-state index contributed by atoms with van der Waals surface area (Å²) in [6, 6.07) is 15.8. The maximum Gasteiger partial charge on any atom is 0.194 e. The molecule has 21 nitrogen and oxygen atoms in total. The summed E-state index contributed by atoms with van der Waals surface area (Å²) in [5.74, 6) is -5.09. The van der Waals surface area contributed by atoms with Gasteiger partial charge in [0.2, 0.25) is 0 Å². The van der Waals surface area contributed by atoms with Crippen LogP contribution in [0.1, 0.15) is 97.2 Å². The molecule has 0 unspecified atom stereocenters.